The van der Waals surface area contributed by atoms with Crippen molar-refractivity contribution in [3.8, 4) is 16.5 Å². The molecule has 4 aromatic rings. The minimum absolute atomic E-state index is 0.0588. The Labute approximate surface area is 189 Å². The zero-order valence-electron chi connectivity index (χ0n) is 18.1. The molecule has 0 spiro atoms. The van der Waals surface area contributed by atoms with Crippen molar-refractivity contribution in [2.45, 2.75) is 39.2 Å². The van der Waals surface area contributed by atoms with E-state index >= 15 is 0 Å². The van der Waals surface area contributed by atoms with E-state index in [4.69, 9.17) is 4.74 Å². The number of anilines is 1. The molecule has 32 heavy (non-hydrogen) atoms. The van der Waals surface area contributed by atoms with Gasteiger partial charge in [-0.1, -0.05) is 6.92 Å². The first-order valence-electron chi connectivity index (χ1n) is 10.9. The standard InChI is InChI=1S/C22H25N7O2S/c1-3-15-11-24-20(25-12-15)28-8-5-16(6-9-28)14(2)31-22-27-29-13-18(26-21(29)32-22)17-4-7-23-19(30)10-17/h4,7,10-14,16H,3,5-6,8-9H2,1-2H3,(H,23,30)/t14-/m0/s1. The van der Waals surface area contributed by atoms with E-state index in [1.165, 1.54) is 17.4 Å². The van der Waals surface area contributed by atoms with Crippen LogP contribution in [0.4, 0.5) is 5.95 Å². The van der Waals surface area contributed by atoms with Crippen LogP contribution < -0.4 is 15.2 Å². The van der Waals surface area contributed by atoms with Crippen LogP contribution in [0.1, 0.15) is 32.3 Å². The molecular weight excluding hydrogens is 426 g/mol. The van der Waals surface area contributed by atoms with E-state index in [9.17, 15) is 4.79 Å². The molecule has 9 nitrogen and oxygen atoms in total. The van der Waals surface area contributed by atoms with Crippen molar-refractivity contribution < 1.29 is 4.74 Å². The number of rotatable bonds is 6. The third-order valence-electron chi connectivity index (χ3n) is 5.97. The number of aromatic amines is 1. The fraction of sp³-hybridized carbons (Fsp3) is 0.409. The van der Waals surface area contributed by atoms with E-state index in [0.29, 0.717) is 11.1 Å². The Bertz CT molecular complexity index is 1220. The quantitative estimate of drug-likeness (QED) is 0.480. The first kappa shape index (κ1) is 20.6. The van der Waals surface area contributed by atoms with Gasteiger partial charge in [-0.05, 0) is 55.1 Å². The Morgan fingerprint density at radius 2 is 2.06 bits per heavy atom. The van der Waals surface area contributed by atoms with Gasteiger partial charge in [-0.25, -0.2) is 19.5 Å². The Hall–Kier alpha value is -3.27. The molecule has 0 radical (unpaired) electrons. The molecule has 0 saturated carbocycles. The van der Waals surface area contributed by atoms with Gasteiger partial charge in [0.05, 0.1) is 11.9 Å². The second kappa shape index (κ2) is 8.70. The van der Waals surface area contributed by atoms with E-state index in [-0.39, 0.29) is 11.7 Å². The molecule has 5 heterocycles. The number of nitrogens with zero attached hydrogens (tertiary/aromatic N) is 6. The summed E-state index contributed by atoms with van der Waals surface area (Å²) >= 11 is 1.41. The number of piperidine rings is 1. The molecule has 0 bridgehead atoms. The van der Waals surface area contributed by atoms with E-state index in [1.807, 2.05) is 24.7 Å². The van der Waals surface area contributed by atoms with Gasteiger partial charge in [-0.2, -0.15) is 0 Å². The Morgan fingerprint density at radius 3 is 2.75 bits per heavy atom. The normalized spacial score (nSPS) is 15.9. The van der Waals surface area contributed by atoms with E-state index in [0.717, 1.165) is 60.1 Å². The molecule has 1 saturated heterocycles. The number of hydrogen-bond donors (Lipinski definition) is 1. The van der Waals surface area contributed by atoms with Crippen LogP contribution in [-0.4, -0.2) is 48.7 Å². The predicted octanol–water partition coefficient (Wildman–Crippen LogP) is 3.18. The molecule has 1 fully saturated rings. The third-order valence-corrected chi connectivity index (χ3v) is 6.78. The summed E-state index contributed by atoms with van der Waals surface area (Å²) in [6.07, 6.45) is 10.3. The van der Waals surface area contributed by atoms with Gasteiger partial charge < -0.3 is 14.6 Å². The smallest absolute Gasteiger partial charge is 0.294 e. The Balaban J connectivity index is 1.20. The summed E-state index contributed by atoms with van der Waals surface area (Å²) in [5.41, 5.74) is 2.49. The van der Waals surface area contributed by atoms with Crippen LogP contribution >= 0.6 is 11.3 Å². The largest absolute Gasteiger partial charge is 0.466 e. The maximum absolute atomic E-state index is 11.5. The lowest BCUT2D eigenvalue weighted by Gasteiger charge is -2.34. The van der Waals surface area contributed by atoms with Crippen molar-refractivity contribution in [2.24, 2.45) is 5.92 Å². The number of nitrogens with one attached hydrogen (secondary N) is 1. The second-order valence-electron chi connectivity index (χ2n) is 8.06. The van der Waals surface area contributed by atoms with Crippen molar-refractivity contribution in [1.82, 2.24) is 29.5 Å². The maximum atomic E-state index is 11.5. The molecule has 166 valence electrons. The van der Waals surface area contributed by atoms with Crippen molar-refractivity contribution >= 4 is 22.2 Å². The van der Waals surface area contributed by atoms with Crippen LogP contribution in [0.15, 0.2) is 41.7 Å². The molecular formula is C22H25N7O2S. The van der Waals surface area contributed by atoms with Crippen molar-refractivity contribution in [3.63, 3.8) is 0 Å². The molecule has 0 amide bonds. The van der Waals surface area contributed by atoms with Gasteiger partial charge in [-0.15, -0.1) is 5.10 Å². The van der Waals surface area contributed by atoms with E-state index < -0.39 is 0 Å². The highest BCUT2D eigenvalue weighted by Gasteiger charge is 2.27. The van der Waals surface area contributed by atoms with Gasteiger partial charge in [0.15, 0.2) is 0 Å². The molecule has 1 aliphatic rings. The predicted molar refractivity (Wildman–Crippen MR) is 123 cm³/mol. The zero-order valence-corrected chi connectivity index (χ0v) is 18.9. The van der Waals surface area contributed by atoms with Crippen LogP contribution in [0, 0.1) is 5.92 Å². The minimum atomic E-state index is -0.153. The van der Waals surface area contributed by atoms with Crippen LogP contribution in [-0.2, 0) is 6.42 Å². The van der Waals surface area contributed by atoms with Crippen LogP contribution in [0.25, 0.3) is 16.2 Å². The highest BCUT2D eigenvalue weighted by Crippen LogP contribution is 2.29. The summed E-state index contributed by atoms with van der Waals surface area (Å²) < 4.78 is 7.89. The highest BCUT2D eigenvalue weighted by molar-refractivity contribution is 7.18. The van der Waals surface area contributed by atoms with Gasteiger partial charge in [0.25, 0.3) is 5.19 Å². The van der Waals surface area contributed by atoms with Gasteiger partial charge >= 0.3 is 0 Å². The average molecular weight is 452 g/mol. The molecule has 0 aromatic carbocycles. The van der Waals surface area contributed by atoms with Crippen LogP contribution in [0.2, 0.25) is 0 Å². The SMILES string of the molecule is CCc1cnc(N2CCC([C@H](C)Oc3nn4cc(-c5cc[nH]c(=O)c5)nc4s3)CC2)nc1. The van der Waals surface area contributed by atoms with Gasteiger partial charge in [-0.3, -0.25) is 4.79 Å². The molecule has 5 rings (SSSR count). The summed E-state index contributed by atoms with van der Waals surface area (Å²) in [5, 5.41) is 5.14. The number of pyridine rings is 1. The van der Waals surface area contributed by atoms with Crippen LogP contribution in [0.5, 0.6) is 5.19 Å². The molecule has 4 aromatic heterocycles. The Kier molecular flexibility index (Phi) is 5.60. The van der Waals surface area contributed by atoms with Crippen molar-refractivity contribution in [3.05, 3.63) is 52.8 Å². The molecule has 10 heteroatoms. The molecule has 1 N–H and O–H groups in total. The summed E-state index contributed by atoms with van der Waals surface area (Å²) in [7, 11) is 0. The van der Waals surface area contributed by atoms with E-state index in [1.54, 1.807) is 10.7 Å². The van der Waals surface area contributed by atoms with Gasteiger partial charge in [0.2, 0.25) is 16.5 Å². The summed E-state index contributed by atoms with van der Waals surface area (Å²) in [5.74, 6) is 1.26. The molecule has 0 unspecified atom stereocenters. The summed E-state index contributed by atoms with van der Waals surface area (Å²) in [6.45, 7) is 6.06. The van der Waals surface area contributed by atoms with Crippen LogP contribution in [0.3, 0.4) is 0 Å². The first-order chi connectivity index (χ1) is 15.6. The number of aromatic nitrogens is 6. The van der Waals surface area contributed by atoms with Crippen molar-refractivity contribution in [2.75, 3.05) is 18.0 Å². The fourth-order valence-electron chi connectivity index (χ4n) is 3.99. The monoisotopic (exact) mass is 451 g/mol. The lowest BCUT2D eigenvalue weighted by molar-refractivity contribution is 0.131. The number of H-pyrrole nitrogens is 1. The van der Waals surface area contributed by atoms with Crippen molar-refractivity contribution in [1.29, 1.82) is 0 Å². The molecule has 1 aliphatic heterocycles. The Morgan fingerprint density at radius 1 is 1.28 bits per heavy atom. The topological polar surface area (TPSA) is 101 Å². The number of ether oxygens (including phenoxy) is 1. The number of hydrogen-bond acceptors (Lipinski definition) is 8. The summed E-state index contributed by atoms with van der Waals surface area (Å²) in [6, 6.07) is 3.35. The first-order valence-corrected chi connectivity index (χ1v) is 11.7. The number of aryl methyl sites for hydroxylation is 1. The number of fused-ring (bicyclic) bond motifs is 1. The minimum Gasteiger partial charge on any atom is -0.466 e. The molecule has 1 atom stereocenters. The lowest BCUT2D eigenvalue weighted by atomic mass is 9.92. The second-order valence-corrected chi connectivity index (χ2v) is 8.97. The fourth-order valence-corrected chi connectivity index (χ4v) is 4.81. The van der Waals surface area contributed by atoms with Gasteiger partial charge in [0, 0.05) is 43.3 Å². The molecule has 0 aliphatic carbocycles. The summed E-state index contributed by atoms with van der Waals surface area (Å²) in [4.78, 5) is 30.7. The maximum Gasteiger partial charge on any atom is 0.294 e. The average Bonchev–Trinajstić information content (AvgIpc) is 3.38. The number of imidazole rings is 1. The highest BCUT2D eigenvalue weighted by atomic mass is 32.1. The lowest BCUT2D eigenvalue weighted by Crippen LogP contribution is -2.39. The third kappa shape index (κ3) is 4.22. The van der Waals surface area contributed by atoms with Gasteiger partial charge in [0.1, 0.15) is 6.10 Å². The zero-order chi connectivity index (χ0) is 22.1. The van der Waals surface area contributed by atoms with E-state index in [2.05, 4.69) is 43.8 Å².